The number of pyridine rings is 1. The number of amides is 1. The summed E-state index contributed by atoms with van der Waals surface area (Å²) in [6.07, 6.45) is 2.01. The molecule has 1 aliphatic rings. The van der Waals surface area contributed by atoms with E-state index in [2.05, 4.69) is 22.3 Å². The largest absolute Gasteiger partial charge is 0.375 e. The number of methoxy groups -OCH3 is 1. The summed E-state index contributed by atoms with van der Waals surface area (Å²) in [6, 6.07) is 12.0. The second-order valence-corrected chi connectivity index (χ2v) is 7.35. The van der Waals surface area contributed by atoms with E-state index < -0.39 is 0 Å². The Hall–Kier alpha value is -2.57. The molecular weight excluding hydrogens is 376 g/mol. The summed E-state index contributed by atoms with van der Waals surface area (Å²) in [5, 5.41) is 0.684. The molecule has 146 valence electrons. The third kappa shape index (κ3) is 3.45. The number of nitrogens with zero attached hydrogens (tertiary/aromatic N) is 4. The topological polar surface area (TPSA) is 50.1 Å². The molecule has 0 radical (unpaired) electrons. The van der Waals surface area contributed by atoms with Gasteiger partial charge in [-0.3, -0.25) is 4.79 Å². The number of hydrogen-bond acceptors (Lipinski definition) is 4. The molecule has 7 heteroatoms. The van der Waals surface area contributed by atoms with Gasteiger partial charge in [-0.2, -0.15) is 0 Å². The lowest BCUT2D eigenvalue weighted by Gasteiger charge is -2.36. The van der Waals surface area contributed by atoms with Gasteiger partial charge in [0, 0.05) is 56.4 Å². The lowest BCUT2D eigenvalue weighted by atomic mass is 10.1. The van der Waals surface area contributed by atoms with Gasteiger partial charge in [-0.15, -0.1) is 0 Å². The van der Waals surface area contributed by atoms with Gasteiger partial charge in [0.25, 0.3) is 0 Å². The number of aryl methyl sites for hydroxylation is 1. The molecule has 28 heavy (non-hydrogen) atoms. The van der Waals surface area contributed by atoms with Gasteiger partial charge < -0.3 is 18.9 Å². The Kier molecular flexibility index (Phi) is 5.24. The maximum Gasteiger partial charge on any atom is 0.248 e. The molecule has 3 aromatic rings. The third-order valence-electron chi connectivity index (χ3n) is 5.24. The number of halogens is 1. The predicted octanol–water partition coefficient (Wildman–Crippen LogP) is 3.26. The van der Waals surface area contributed by atoms with E-state index in [9.17, 15) is 4.79 Å². The fourth-order valence-corrected chi connectivity index (χ4v) is 3.90. The molecule has 0 bridgehead atoms. The fraction of sp³-hybridized carbons (Fsp3) is 0.333. The van der Waals surface area contributed by atoms with Crippen LogP contribution in [-0.2, 0) is 9.53 Å². The Morgan fingerprint density at radius 2 is 1.96 bits per heavy atom. The number of imidazole rings is 1. The van der Waals surface area contributed by atoms with Gasteiger partial charge in [0.15, 0.2) is 0 Å². The van der Waals surface area contributed by atoms with Crippen LogP contribution in [0.1, 0.15) is 5.69 Å². The van der Waals surface area contributed by atoms with Crippen molar-refractivity contribution >= 4 is 28.8 Å². The van der Waals surface area contributed by atoms with E-state index in [0.29, 0.717) is 18.1 Å². The number of ether oxygens (including phenoxy) is 1. The minimum atomic E-state index is 0.0410. The first-order valence-corrected chi connectivity index (χ1v) is 9.71. The highest BCUT2D eigenvalue weighted by atomic mass is 35.5. The van der Waals surface area contributed by atoms with Crippen LogP contribution in [0.3, 0.4) is 0 Å². The molecule has 2 aromatic heterocycles. The molecule has 1 fully saturated rings. The van der Waals surface area contributed by atoms with E-state index in [0.717, 1.165) is 41.4 Å². The highest BCUT2D eigenvalue weighted by Gasteiger charge is 2.22. The van der Waals surface area contributed by atoms with Crippen LogP contribution < -0.4 is 4.90 Å². The average molecular weight is 399 g/mol. The van der Waals surface area contributed by atoms with Crippen LogP contribution in [0.4, 0.5) is 5.69 Å². The molecular formula is C21H23ClN4O2. The minimum Gasteiger partial charge on any atom is -0.375 e. The van der Waals surface area contributed by atoms with Crippen molar-refractivity contribution in [2.75, 3.05) is 44.8 Å². The molecule has 0 atom stereocenters. The smallest absolute Gasteiger partial charge is 0.248 e. The number of fused-ring (bicyclic) bond motifs is 1. The molecule has 0 aliphatic carbocycles. The molecule has 1 aliphatic heterocycles. The summed E-state index contributed by atoms with van der Waals surface area (Å²) in [5.41, 5.74) is 4.88. The van der Waals surface area contributed by atoms with Crippen molar-refractivity contribution in [3.8, 4) is 11.3 Å². The number of anilines is 1. The first-order valence-electron chi connectivity index (χ1n) is 9.34. The van der Waals surface area contributed by atoms with Gasteiger partial charge in [0.2, 0.25) is 5.91 Å². The van der Waals surface area contributed by atoms with Crippen molar-refractivity contribution in [1.29, 1.82) is 0 Å². The maximum absolute atomic E-state index is 12.0. The molecule has 0 N–H and O–H groups in total. The van der Waals surface area contributed by atoms with E-state index in [4.69, 9.17) is 21.3 Å². The SMILES string of the molecule is COCC(=O)N1CCN(c2ccc(Cl)c(-c3nc4ccccn4c3C)c2)CC1. The lowest BCUT2D eigenvalue weighted by Crippen LogP contribution is -2.49. The number of carbonyl (C=O) groups excluding carboxylic acids is 1. The maximum atomic E-state index is 12.0. The van der Waals surface area contributed by atoms with Gasteiger partial charge in [-0.05, 0) is 37.3 Å². The van der Waals surface area contributed by atoms with Crippen molar-refractivity contribution < 1.29 is 9.53 Å². The fourth-order valence-electron chi connectivity index (χ4n) is 3.69. The van der Waals surface area contributed by atoms with Crippen LogP contribution in [0.25, 0.3) is 16.9 Å². The van der Waals surface area contributed by atoms with Gasteiger partial charge in [-0.25, -0.2) is 4.98 Å². The molecule has 0 unspecified atom stereocenters. The summed E-state index contributed by atoms with van der Waals surface area (Å²) in [5.74, 6) is 0.0410. The Morgan fingerprint density at radius 1 is 1.18 bits per heavy atom. The average Bonchev–Trinajstić information content (AvgIpc) is 3.05. The summed E-state index contributed by atoms with van der Waals surface area (Å²) < 4.78 is 7.02. The Bertz CT molecular complexity index is 1010. The predicted molar refractivity (Wildman–Crippen MR) is 111 cm³/mol. The number of hydrogen-bond donors (Lipinski definition) is 0. The van der Waals surface area contributed by atoms with Gasteiger partial charge in [0.05, 0.1) is 10.7 Å². The van der Waals surface area contributed by atoms with Crippen molar-refractivity contribution in [3.05, 3.63) is 53.3 Å². The first-order chi connectivity index (χ1) is 13.6. The van der Waals surface area contributed by atoms with Crippen molar-refractivity contribution in [2.24, 2.45) is 0 Å². The van der Waals surface area contributed by atoms with E-state index >= 15 is 0 Å². The molecule has 4 rings (SSSR count). The Morgan fingerprint density at radius 3 is 2.68 bits per heavy atom. The van der Waals surface area contributed by atoms with Gasteiger partial charge in [0.1, 0.15) is 12.3 Å². The summed E-state index contributed by atoms with van der Waals surface area (Å²) >= 11 is 6.53. The summed E-state index contributed by atoms with van der Waals surface area (Å²) in [7, 11) is 1.55. The standard InChI is InChI=1S/C21H23ClN4O2/c1-15-21(23-19-5-3-4-8-26(15)19)17-13-16(6-7-18(17)22)24-9-11-25(12-10-24)20(27)14-28-2/h3-8,13H,9-12,14H2,1-2H3. The molecule has 1 saturated heterocycles. The zero-order valence-electron chi connectivity index (χ0n) is 16.1. The normalized spacial score (nSPS) is 14.7. The van der Waals surface area contributed by atoms with Crippen molar-refractivity contribution in [1.82, 2.24) is 14.3 Å². The third-order valence-corrected chi connectivity index (χ3v) is 5.57. The Labute approximate surface area is 169 Å². The number of aromatic nitrogens is 2. The van der Waals surface area contributed by atoms with Crippen molar-refractivity contribution in [2.45, 2.75) is 6.92 Å². The number of rotatable bonds is 4. The van der Waals surface area contributed by atoms with Crippen LogP contribution >= 0.6 is 11.6 Å². The Balaban J connectivity index is 1.60. The molecule has 0 spiro atoms. The molecule has 1 aromatic carbocycles. The van der Waals surface area contributed by atoms with Crippen molar-refractivity contribution in [3.63, 3.8) is 0 Å². The monoisotopic (exact) mass is 398 g/mol. The minimum absolute atomic E-state index is 0.0410. The van der Waals surface area contributed by atoms with E-state index in [-0.39, 0.29) is 12.5 Å². The molecule has 0 saturated carbocycles. The van der Waals surface area contributed by atoms with Gasteiger partial charge >= 0.3 is 0 Å². The van der Waals surface area contributed by atoms with Gasteiger partial charge in [-0.1, -0.05) is 17.7 Å². The second kappa shape index (κ2) is 7.81. The number of carbonyl (C=O) groups is 1. The molecule has 3 heterocycles. The van der Waals surface area contributed by atoms with E-state index in [1.807, 2.05) is 41.4 Å². The lowest BCUT2D eigenvalue weighted by molar-refractivity contribution is -0.135. The van der Waals surface area contributed by atoms with Crippen LogP contribution in [0.5, 0.6) is 0 Å². The zero-order valence-corrected chi connectivity index (χ0v) is 16.8. The van der Waals surface area contributed by atoms with E-state index in [1.54, 1.807) is 7.11 Å². The summed E-state index contributed by atoms with van der Waals surface area (Å²) in [6.45, 7) is 5.12. The highest BCUT2D eigenvalue weighted by molar-refractivity contribution is 6.33. The molecule has 6 nitrogen and oxygen atoms in total. The highest BCUT2D eigenvalue weighted by Crippen LogP contribution is 2.34. The number of piperazine rings is 1. The second-order valence-electron chi connectivity index (χ2n) is 6.94. The van der Waals surface area contributed by atoms with Crippen LogP contribution in [0, 0.1) is 6.92 Å². The quantitative estimate of drug-likeness (QED) is 0.677. The molecule has 1 amide bonds. The first kappa shape index (κ1) is 18.8. The van der Waals surface area contributed by atoms with Crippen LogP contribution in [0.15, 0.2) is 42.6 Å². The van der Waals surface area contributed by atoms with Crippen LogP contribution in [-0.4, -0.2) is 60.1 Å². The number of benzene rings is 1. The summed E-state index contributed by atoms with van der Waals surface area (Å²) in [4.78, 5) is 20.9. The van der Waals surface area contributed by atoms with Crippen LogP contribution in [0.2, 0.25) is 5.02 Å². The van der Waals surface area contributed by atoms with E-state index in [1.165, 1.54) is 0 Å². The zero-order chi connectivity index (χ0) is 19.7.